The smallest absolute Gasteiger partial charge is 0.233 e. The number of anilines is 1. The van der Waals surface area contributed by atoms with Crippen molar-refractivity contribution in [2.45, 2.75) is 12.3 Å². The van der Waals surface area contributed by atoms with Crippen LogP contribution in [-0.2, 0) is 4.79 Å². The van der Waals surface area contributed by atoms with E-state index in [1.54, 1.807) is 0 Å². The van der Waals surface area contributed by atoms with Crippen molar-refractivity contribution in [2.24, 2.45) is 0 Å². The summed E-state index contributed by atoms with van der Waals surface area (Å²) in [6.07, 6.45) is 1.96. The topological polar surface area (TPSA) is 64.1 Å². The van der Waals surface area contributed by atoms with Gasteiger partial charge in [-0.15, -0.1) is 0 Å². The third-order valence-corrected chi connectivity index (χ3v) is 3.37. The molecule has 1 N–H and O–H groups in total. The molecule has 3 rings (SSSR count). The molecule has 0 fully saturated rings. The fraction of sp³-hybridized carbons (Fsp3) is 0.214. The molecule has 6 heteroatoms. The first-order valence-corrected chi connectivity index (χ1v) is 6.62. The summed E-state index contributed by atoms with van der Waals surface area (Å²) in [4.78, 5) is 20.1. The number of hydrogen-bond acceptors (Lipinski definition) is 4. The predicted molar refractivity (Wildman–Crippen MR) is 75.0 cm³/mol. The molecule has 20 heavy (non-hydrogen) atoms. The molecular weight excluding hydrogens is 278 g/mol. The Bertz CT molecular complexity index is 648. The van der Waals surface area contributed by atoms with E-state index in [9.17, 15) is 4.79 Å². The minimum atomic E-state index is -0.242. The lowest BCUT2D eigenvalue weighted by Gasteiger charge is -2.24. The first-order chi connectivity index (χ1) is 9.74. The van der Waals surface area contributed by atoms with E-state index in [0.29, 0.717) is 24.0 Å². The van der Waals surface area contributed by atoms with Gasteiger partial charge < -0.3 is 10.1 Å². The number of aromatic nitrogens is 2. The van der Waals surface area contributed by atoms with E-state index in [0.717, 1.165) is 11.3 Å². The van der Waals surface area contributed by atoms with Gasteiger partial charge in [-0.2, -0.15) is 0 Å². The Hall–Kier alpha value is -2.14. The monoisotopic (exact) mass is 289 g/mol. The molecule has 5 nitrogen and oxygen atoms in total. The Morgan fingerprint density at radius 1 is 1.35 bits per heavy atom. The summed E-state index contributed by atoms with van der Waals surface area (Å²) in [5.41, 5.74) is 0.899. The van der Waals surface area contributed by atoms with Crippen molar-refractivity contribution >= 4 is 23.3 Å². The summed E-state index contributed by atoms with van der Waals surface area (Å²) in [6, 6.07) is 9.09. The lowest BCUT2D eigenvalue weighted by molar-refractivity contribution is -0.118. The van der Waals surface area contributed by atoms with Crippen molar-refractivity contribution < 1.29 is 9.53 Å². The molecule has 1 atom stereocenters. The molecule has 1 aliphatic rings. The first-order valence-electron chi connectivity index (χ1n) is 6.24. The maximum Gasteiger partial charge on any atom is 0.233 e. The summed E-state index contributed by atoms with van der Waals surface area (Å²) in [5.74, 6) is 0.808. The number of hydrogen-bond donors (Lipinski definition) is 1. The lowest BCUT2D eigenvalue weighted by atomic mass is 9.92. The molecule has 1 unspecified atom stereocenters. The molecule has 0 radical (unpaired) electrons. The number of ether oxygens (including phenoxy) is 1. The van der Waals surface area contributed by atoms with Crippen LogP contribution < -0.4 is 10.1 Å². The standard InChI is InChI=1S/C14H12ClN3O2/c15-12-7-13(17-8-16-12)18-14(19)10-5-6-20-11-4-2-1-3-9(10)11/h1-4,7-8,10H,5-6H2,(H,16,17,18,19). The number of para-hydroxylation sites is 1. The summed E-state index contributed by atoms with van der Waals surface area (Å²) in [6.45, 7) is 0.527. The van der Waals surface area contributed by atoms with Gasteiger partial charge in [0.1, 0.15) is 23.0 Å². The van der Waals surface area contributed by atoms with Gasteiger partial charge in [-0.05, 0) is 12.5 Å². The van der Waals surface area contributed by atoms with E-state index in [2.05, 4.69) is 15.3 Å². The van der Waals surface area contributed by atoms with Crippen LogP contribution in [0.1, 0.15) is 17.9 Å². The minimum Gasteiger partial charge on any atom is -0.493 e. The highest BCUT2D eigenvalue weighted by Gasteiger charge is 2.27. The minimum absolute atomic E-state index is 0.115. The van der Waals surface area contributed by atoms with Gasteiger partial charge in [-0.3, -0.25) is 4.79 Å². The fourth-order valence-electron chi connectivity index (χ4n) is 2.23. The van der Waals surface area contributed by atoms with Crippen molar-refractivity contribution in [3.63, 3.8) is 0 Å². The second-order valence-corrected chi connectivity index (χ2v) is 4.83. The van der Waals surface area contributed by atoms with Crippen molar-refractivity contribution in [3.05, 3.63) is 47.4 Å². The summed E-state index contributed by atoms with van der Waals surface area (Å²) in [5, 5.41) is 3.06. The van der Waals surface area contributed by atoms with Gasteiger partial charge >= 0.3 is 0 Å². The molecule has 2 heterocycles. The SMILES string of the molecule is O=C(Nc1cc(Cl)ncn1)C1CCOc2ccccc21. The summed E-state index contributed by atoms with van der Waals surface area (Å²) in [7, 11) is 0. The van der Waals surface area contributed by atoms with Gasteiger partial charge in [0.05, 0.1) is 12.5 Å². The maximum absolute atomic E-state index is 12.4. The number of carbonyl (C=O) groups excluding carboxylic acids is 1. The number of carbonyl (C=O) groups is 1. The van der Waals surface area contributed by atoms with E-state index in [4.69, 9.17) is 16.3 Å². The number of nitrogens with zero attached hydrogens (tertiary/aromatic N) is 2. The maximum atomic E-state index is 12.4. The number of halogens is 1. The molecule has 0 bridgehead atoms. The molecule has 1 aromatic heterocycles. The Labute approximate surface area is 121 Å². The highest BCUT2D eigenvalue weighted by molar-refractivity contribution is 6.29. The van der Waals surface area contributed by atoms with E-state index in [-0.39, 0.29) is 11.8 Å². The van der Waals surface area contributed by atoms with Gasteiger partial charge in [-0.1, -0.05) is 29.8 Å². The van der Waals surface area contributed by atoms with E-state index in [1.807, 2.05) is 24.3 Å². The number of rotatable bonds is 2. The molecule has 0 aliphatic carbocycles. The third kappa shape index (κ3) is 2.58. The van der Waals surface area contributed by atoms with Crippen LogP contribution in [0, 0.1) is 0 Å². The Balaban J connectivity index is 1.82. The predicted octanol–water partition coefficient (Wildman–Crippen LogP) is 2.63. The molecule has 102 valence electrons. The van der Waals surface area contributed by atoms with Crippen molar-refractivity contribution in [1.82, 2.24) is 9.97 Å². The lowest BCUT2D eigenvalue weighted by Crippen LogP contribution is -2.26. The number of benzene rings is 1. The highest BCUT2D eigenvalue weighted by Crippen LogP contribution is 2.33. The van der Waals surface area contributed by atoms with Crippen LogP contribution >= 0.6 is 11.6 Å². The molecule has 0 saturated carbocycles. The van der Waals surface area contributed by atoms with E-state index in [1.165, 1.54) is 12.4 Å². The van der Waals surface area contributed by atoms with Gasteiger partial charge in [0, 0.05) is 11.6 Å². The quantitative estimate of drug-likeness (QED) is 0.863. The van der Waals surface area contributed by atoms with Crippen LogP contribution in [0.25, 0.3) is 0 Å². The molecule has 0 spiro atoms. The van der Waals surface area contributed by atoms with Crippen LogP contribution in [0.3, 0.4) is 0 Å². The zero-order valence-corrected chi connectivity index (χ0v) is 11.3. The van der Waals surface area contributed by atoms with Crippen LogP contribution in [0.15, 0.2) is 36.7 Å². The van der Waals surface area contributed by atoms with Crippen molar-refractivity contribution in [3.8, 4) is 5.75 Å². The third-order valence-electron chi connectivity index (χ3n) is 3.16. The van der Waals surface area contributed by atoms with Gasteiger partial charge in [0.15, 0.2) is 0 Å². The molecule has 0 saturated heterocycles. The largest absolute Gasteiger partial charge is 0.493 e. The van der Waals surface area contributed by atoms with Gasteiger partial charge in [0.2, 0.25) is 5.91 Å². The van der Waals surface area contributed by atoms with Gasteiger partial charge in [-0.25, -0.2) is 9.97 Å². The zero-order valence-electron chi connectivity index (χ0n) is 10.5. The zero-order chi connectivity index (χ0) is 13.9. The van der Waals surface area contributed by atoms with Crippen LogP contribution in [0.5, 0.6) is 5.75 Å². The Kier molecular flexibility index (Phi) is 3.52. The average molecular weight is 290 g/mol. The second-order valence-electron chi connectivity index (χ2n) is 4.44. The molecule has 1 amide bonds. The first kappa shape index (κ1) is 12.9. The van der Waals surface area contributed by atoms with Crippen LogP contribution in [0.4, 0.5) is 5.82 Å². The van der Waals surface area contributed by atoms with E-state index < -0.39 is 0 Å². The normalized spacial score (nSPS) is 16.9. The van der Waals surface area contributed by atoms with Crippen molar-refractivity contribution in [1.29, 1.82) is 0 Å². The van der Waals surface area contributed by atoms with Crippen LogP contribution in [-0.4, -0.2) is 22.5 Å². The van der Waals surface area contributed by atoms with Gasteiger partial charge in [0.25, 0.3) is 0 Å². The molecule has 1 aliphatic heterocycles. The van der Waals surface area contributed by atoms with E-state index >= 15 is 0 Å². The molecule has 1 aromatic carbocycles. The molecule has 2 aromatic rings. The fourth-order valence-corrected chi connectivity index (χ4v) is 2.38. The van der Waals surface area contributed by atoms with Crippen LogP contribution in [0.2, 0.25) is 5.15 Å². The number of amides is 1. The summed E-state index contributed by atoms with van der Waals surface area (Å²) < 4.78 is 5.55. The number of nitrogens with one attached hydrogen (secondary N) is 1. The average Bonchev–Trinajstić information content (AvgIpc) is 2.46. The second kappa shape index (κ2) is 5.46. The highest BCUT2D eigenvalue weighted by atomic mass is 35.5. The Morgan fingerprint density at radius 2 is 2.20 bits per heavy atom. The Morgan fingerprint density at radius 3 is 3.05 bits per heavy atom. The molecular formula is C14H12ClN3O2. The van der Waals surface area contributed by atoms with Crippen molar-refractivity contribution in [2.75, 3.05) is 11.9 Å². The number of fused-ring (bicyclic) bond motifs is 1. The summed E-state index contributed by atoms with van der Waals surface area (Å²) >= 11 is 5.77.